The quantitative estimate of drug-likeness (QED) is 0.424. The summed E-state index contributed by atoms with van der Waals surface area (Å²) in [6.07, 6.45) is 4.87. The van der Waals surface area contributed by atoms with Crippen molar-refractivity contribution in [2.24, 2.45) is 35.5 Å². The molecular weight excluding hydrogens is 390 g/mol. The molecule has 5 heteroatoms. The number of ketones is 1. The van der Waals surface area contributed by atoms with Crippen LogP contribution in [0.2, 0.25) is 0 Å². The summed E-state index contributed by atoms with van der Waals surface area (Å²) < 4.78 is 5.81. The van der Waals surface area contributed by atoms with Crippen LogP contribution in [0.25, 0.3) is 0 Å². The second-order valence-corrected chi connectivity index (χ2v) is 9.15. The first kappa shape index (κ1) is 18.6. The van der Waals surface area contributed by atoms with Crippen molar-refractivity contribution in [2.45, 2.75) is 19.4 Å². The van der Waals surface area contributed by atoms with E-state index >= 15 is 0 Å². The molecule has 5 nitrogen and oxygen atoms in total. The van der Waals surface area contributed by atoms with Crippen molar-refractivity contribution < 1.29 is 19.1 Å². The molecule has 2 saturated carbocycles. The van der Waals surface area contributed by atoms with Crippen molar-refractivity contribution in [3.05, 3.63) is 72.3 Å². The number of benzene rings is 2. The lowest BCUT2D eigenvalue weighted by Crippen LogP contribution is -2.40. The fourth-order valence-corrected chi connectivity index (χ4v) is 5.98. The maximum atomic E-state index is 13.2. The first-order valence-electron chi connectivity index (χ1n) is 11.0. The molecule has 4 aliphatic carbocycles. The van der Waals surface area contributed by atoms with E-state index in [9.17, 15) is 14.4 Å². The molecule has 0 N–H and O–H groups in total. The fourth-order valence-electron chi connectivity index (χ4n) is 5.98. The van der Waals surface area contributed by atoms with Crippen molar-refractivity contribution in [1.82, 2.24) is 0 Å². The lowest BCUT2D eigenvalue weighted by molar-refractivity contribution is -0.124. The summed E-state index contributed by atoms with van der Waals surface area (Å²) >= 11 is 0. The van der Waals surface area contributed by atoms with E-state index in [2.05, 4.69) is 12.2 Å². The molecule has 0 unspecified atom stereocenters. The molecule has 0 spiro atoms. The number of anilines is 1. The number of hydrogen-bond acceptors (Lipinski definition) is 4. The molecule has 3 fully saturated rings. The average molecular weight is 413 g/mol. The molecule has 7 atom stereocenters. The van der Waals surface area contributed by atoms with Crippen LogP contribution in [0.15, 0.2) is 66.7 Å². The van der Waals surface area contributed by atoms with Crippen LogP contribution >= 0.6 is 0 Å². The molecule has 156 valence electrons. The summed E-state index contributed by atoms with van der Waals surface area (Å²) in [5, 5.41) is 0. The minimum Gasteiger partial charge on any atom is -0.483 e. The first-order chi connectivity index (χ1) is 15.0. The number of carbonyl (C=O) groups is 3. The van der Waals surface area contributed by atoms with Gasteiger partial charge in [0.2, 0.25) is 17.6 Å². The number of allylic oxidation sites excluding steroid dienone is 2. The van der Waals surface area contributed by atoms with Gasteiger partial charge in [-0.2, -0.15) is 0 Å². The molecule has 31 heavy (non-hydrogen) atoms. The zero-order chi connectivity index (χ0) is 21.3. The lowest BCUT2D eigenvalue weighted by atomic mass is 9.63. The number of rotatable bonds is 5. The molecule has 2 amide bonds. The Labute approximate surface area is 180 Å². The zero-order valence-electron chi connectivity index (χ0n) is 17.2. The highest BCUT2D eigenvalue weighted by molar-refractivity contribution is 6.22. The van der Waals surface area contributed by atoms with Crippen molar-refractivity contribution in [1.29, 1.82) is 0 Å². The number of carbonyl (C=O) groups excluding carboxylic acids is 3. The Bertz CT molecular complexity index is 1070. The minimum atomic E-state index is -0.639. The van der Waals surface area contributed by atoms with Gasteiger partial charge in [-0.05, 0) is 61.3 Å². The minimum absolute atomic E-state index is 0.0685. The molecule has 0 radical (unpaired) electrons. The molecule has 1 heterocycles. The Morgan fingerprint density at radius 3 is 2.06 bits per heavy atom. The topological polar surface area (TPSA) is 63.7 Å². The van der Waals surface area contributed by atoms with Gasteiger partial charge in [-0.25, -0.2) is 0 Å². The summed E-state index contributed by atoms with van der Waals surface area (Å²) in [6, 6.07) is 15.9. The Morgan fingerprint density at radius 2 is 1.48 bits per heavy atom. The van der Waals surface area contributed by atoms with E-state index in [1.165, 1.54) is 4.90 Å². The van der Waals surface area contributed by atoms with Gasteiger partial charge in [0, 0.05) is 5.56 Å². The summed E-state index contributed by atoms with van der Waals surface area (Å²) in [5.41, 5.74) is 1.18. The second-order valence-electron chi connectivity index (χ2n) is 9.15. The predicted octanol–water partition coefficient (Wildman–Crippen LogP) is 3.89. The average Bonchev–Trinajstić information content (AvgIpc) is 3.58. The summed E-state index contributed by atoms with van der Waals surface area (Å²) in [7, 11) is 0. The van der Waals surface area contributed by atoms with Gasteiger partial charge >= 0.3 is 0 Å². The summed E-state index contributed by atoms with van der Waals surface area (Å²) in [4.78, 5) is 40.3. The predicted molar refractivity (Wildman–Crippen MR) is 114 cm³/mol. The van der Waals surface area contributed by atoms with E-state index < -0.39 is 6.10 Å². The van der Waals surface area contributed by atoms with Gasteiger partial charge in [0.1, 0.15) is 5.75 Å². The van der Waals surface area contributed by atoms with E-state index in [4.69, 9.17) is 4.74 Å². The van der Waals surface area contributed by atoms with Crippen molar-refractivity contribution >= 4 is 23.3 Å². The molecule has 5 aliphatic rings. The Balaban J connectivity index is 1.19. The highest BCUT2D eigenvalue weighted by Crippen LogP contribution is 2.65. The fraction of sp³-hybridized carbons (Fsp3) is 0.346. The molecule has 1 aliphatic heterocycles. The van der Waals surface area contributed by atoms with Crippen LogP contribution in [-0.2, 0) is 9.59 Å². The van der Waals surface area contributed by atoms with Gasteiger partial charge in [-0.15, -0.1) is 0 Å². The maximum Gasteiger partial charge on any atom is 0.238 e. The van der Waals surface area contributed by atoms with E-state index in [1.54, 1.807) is 43.3 Å². The molecule has 2 bridgehead atoms. The monoisotopic (exact) mass is 413 g/mol. The Kier molecular flexibility index (Phi) is 3.98. The third-order valence-electron chi connectivity index (χ3n) is 7.50. The SMILES string of the molecule is C[C@H](Oc1ccc(N2C(=O)[C@@H]3[C@H]4C=C[C@@H]([C@@H]5C[C@H]45)[C@H]3C2=O)cc1)C(=O)c1ccccc1. The largest absolute Gasteiger partial charge is 0.483 e. The van der Waals surface area contributed by atoms with Crippen molar-refractivity contribution in [2.75, 3.05) is 4.90 Å². The standard InChI is InChI=1S/C26H23NO4/c1-14(24(28)15-5-3-2-4-6-15)31-17-9-7-16(8-10-17)27-25(29)22-18-11-12-19(21-13-20(18)21)23(22)26(27)30/h2-12,14,18-23H,13H2,1H3/t14-,18-,19-,20-,21+,22+,23+/m0/s1. The van der Waals surface area contributed by atoms with E-state index in [1.807, 2.05) is 18.2 Å². The molecule has 2 aromatic carbocycles. The number of amides is 2. The molecule has 7 rings (SSSR count). The van der Waals surface area contributed by atoms with Crippen molar-refractivity contribution in [3.63, 3.8) is 0 Å². The van der Waals surface area contributed by atoms with Gasteiger partial charge in [0.15, 0.2) is 6.10 Å². The number of ether oxygens (including phenoxy) is 1. The lowest BCUT2D eigenvalue weighted by Gasteiger charge is -2.37. The number of hydrogen-bond donors (Lipinski definition) is 0. The highest BCUT2D eigenvalue weighted by Gasteiger charge is 2.67. The van der Waals surface area contributed by atoms with Gasteiger partial charge < -0.3 is 4.74 Å². The maximum absolute atomic E-state index is 13.2. The van der Waals surface area contributed by atoms with Crippen LogP contribution in [0.3, 0.4) is 0 Å². The van der Waals surface area contributed by atoms with Crippen LogP contribution in [-0.4, -0.2) is 23.7 Å². The summed E-state index contributed by atoms with van der Waals surface area (Å²) in [6.45, 7) is 1.72. The van der Waals surface area contributed by atoms with Gasteiger partial charge in [-0.1, -0.05) is 42.5 Å². The van der Waals surface area contributed by atoms with Crippen LogP contribution in [0.1, 0.15) is 23.7 Å². The summed E-state index contributed by atoms with van der Waals surface area (Å²) in [5.74, 6) is 1.50. The molecular formula is C26H23NO4. The van der Waals surface area contributed by atoms with Gasteiger partial charge in [0.25, 0.3) is 0 Å². The number of Topliss-reactive ketones (excluding diaryl/α,β-unsaturated/α-hetero) is 1. The number of imide groups is 1. The first-order valence-corrected chi connectivity index (χ1v) is 11.0. The molecule has 0 aromatic heterocycles. The highest BCUT2D eigenvalue weighted by atomic mass is 16.5. The second kappa shape index (κ2) is 6.64. The molecule has 1 saturated heterocycles. The normalized spacial score (nSPS) is 33.1. The van der Waals surface area contributed by atoms with Crippen LogP contribution in [0.4, 0.5) is 5.69 Å². The Morgan fingerprint density at radius 1 is 0.903 bits per heavy atom. The van der Waals surface area contributed by atoms with E-state index in [-0.39, 0.29) is 41.3 Å². The third-order valence-corrected chi connectivity index (χ3v) is 7.50. The number of nitrogens with zero attached hydrogens (tertiary/aromatic N) is 1. The van der Waals surface area contributed by atoms with E-state index in [0.717, 1.165) is 6.42 Å². The smallest absolute Gasteiger partial charge is 0.238 e. The van der Waals surface area contributed by atoms with Crippen molar-refractivity contribution in [3.8, 4) is 5.75 Å². The van der Waals surface area contributed by atoms with Crippen LogP contribution in [0.5, 0.6) is 5.75 Å². The van der Waals surface area contributed by atoms with E-state index in [0.29, 0.717) is 28.8 Å². The van der Waals surface area contributed by atoms with Crippen LogP contribution in [0, 0.1) is 35.5 Å². The van der Waals surface area contributed by atoms with Crippen LogP contribution < -0.4 is 9.64 Å². The van der Waals surface area contributed by atoms with Gasteiger partial charge in [-0.3, -0.25) is 19.3 Å². The third kappa shape index (κ3) is 2.72. The zero-order valence-corrected chi connectivity index (χ0v) is 17.2. The molecule has 2 aromatic rings. The Hall–Kier alpha value is -3.21. The van der Waals surface area contributed by atoms with Gasteiger partial charge in [0.05, 0.1) is 17.5 Å².